The van der Waals surface area contributed by atoms with Gasteiger partial charge in [0.1, 0.15) is 23.0 Å². The molecule has 6 heteroatoms. The van der Waals surface area contributed by atoms with E-state index in [4.69, 9.17) is 10.9 Å². The summed E-state index contributed by atoms with van der Waals surface area (Å²) in [5.41, 5.74) is -0.108. The summed E-state index contributed by atoms with van der Waals surface area (Å²) in [5, 5.41) is 11.8. The van der Waals surface area contributed by atoms with Crippen LogP contribution in [0.4, 0.5) is 14.5 Å². The SMILES string of the molecule is NN=C(C=Nc1cc(F)ccc1F)CO. The Morgan fingerprint density at radius 2 is 2.20 bits per heavy atom. The summed E-state index contributed by atoms with van der Waals surface area (Å²) in [4.78, 5) is 3.60. The summed E-state index contributed by atoms with van der Waals surface area (Å²) in [5.74, 6) is 3.62. The third-order valence-electron chi connectivity index (χ3n) is 1.59. The van der Waals surface area contributed by atoms with Crippen molar-refractivity contribution in [3.63, 3.8) is 0 Å². The second-order valence-corrected chi connectivity index (χ2v) is 2.63. The van der Waals surface area contributed by atoms with Crippen LogP contribution in [0.1, 0.15) is 0 Å². The molecule has 15 heavy (non-hydrogen) atoms. The molecular weight excluding hydrogens is 204 g/mol. The molecule has 0 saturated heterocycles. The number of halogens is 2. The van der Waals surface area contributed by atoms with Gasteiger partial charge in [-0.2, -0.15) is 5.10 Å². The average molecular weight is 213 g/mol. The number of nitrogens with two attached hydrogens (primary N) is 1. The Labute approximate surface area is 84.8 Å². The van der Waals surface area contributed by atoms with Crippen molar-refractivity contribution >= 4 is 17.6 Å². The summed E-state index contributed by atoms with van der Waals surface area (Å²) in [6.45, 7) is -0.420. The number of aliphatic hydroxyl groups is 1. The molecule has 0 unspecified atom stereocenters. The van der Waals surface area contributed by atoms with Gasteiger partial charge in [-0.05, 0) is 12.1 Å². The van der Waals surface area contributed by atoms with Crippen LogP contribution in [0.3, 0.4) is 0 Å². The van der Waals surface area contributed by atoms with Gasteiger partial charge in [-0.1, -0.05) is 0 Å². The molecule has 1 aromatic rings. The van der Waals surface area contributed by atoms with Crippen molar-refractivity contribution in [3.8, 4) is 0 Å². The van der Waals surface area contributed by atoms with Crippen LogP contribution in [-0.2, 0) is 0 Å². The Kier molecular flexibility index (Phi) is 3.87. The molecule has 0 atom stereocenters. The fourth-order valence-corrected chi connectivity index (χ4v) is 0.844. The largest absolute Gasteiger partial charge is 0.390 e. The highest BCUT2D eigenvalue weighted by Crippen LogP contribution is 2.17. The Morgan fingerprint density at radius 3 is 2.80 bits per heavy atom. The van der Waals surface area contributed by atoms with E-state index < -0.39 is 18.2 Å². The number of benzene rings is 1. The molecule has 1 aromatic carbocycles. The maximum Gasteiger partial charge on any atom is 0.149 e. The van der Waals surface area contributed by atoms with Crippen molar-refractivity contribution in [2.75, 3.05) is 6.61 Å². The van der Waals surface area contributed by atoms with Gasteiger partial charge in [0.2, 0.25) is 0 Å². The minimum Gasteiger partial charge on any atom is -0.390 e. The van der Waals surface area contributed by atoms with Crippen LogP contribution < -0.4 is 5.84 Å². The first-order valence-electron chi connectivity index (χ1n) is 4.04. The van der Waals surface area contributed by atoms with Gasteiger partial charge in [-0.25, -0.2) is 8.78 Å². The highest BCUT2D eigenvalue weighted by atomic mass is 19.1. The lowest BCUT2D eigenvalue weighted by Gasteiger charge is -1.96. The fourth-order valence-electron chi connectivity index (χ4n) is 0.844. The number of hydrogen-bond donors (Lipinski definition) is 2. The van der Waals surface area contributed by atoms with E-state index in [0.29, 0.717) is 0 Å². The van der Waals surface area contributed by atoms with Crippen LogP contribution in [0.5, 0.6) is 0 Å². The summed E-state index contributed by atoms with van der Waals surface area (Å²) < 4.78 is 25.7. The van der Waals surface area contributed by atoms with Gasteiger partial charge in [0, 0.05) is 6.07 Å². The average Bonchev–Trinajstić information content (AvgIpc) is 2.24. The molecule has 80 valence electrons. The smallest absolute Gasteiger partial charge is 0.149 e. The van der Waals surface area contributed by atoms with E-state index in [0.717, 1.165) is 24.4 Å². The molecule has 4 nitrogen and oxygen atoms in total. The first-order chi connectivity index (χ1) is 7.17. The van der Waals surface area contributed by atoms with Gasteiger partial charge in [-0.3, -0.25) is 4.99 Å². The molecular formula is C9H9F2N3O. The molecule has 0 amide bonds. The Balaban J connectivity index is 2.93. The number of aliphatic imine (C=N–C) groups is 1. The highest BCUT2D eigenvalue weighted by molar-refractivity contribution is 6.31. The van der Waals surface area contributed by atoms with E-state index in [1.165, 1.54) is 0 Å². The van der Waals surface area contributed by atoms with E-state index >= 15 is 0 Å². The minimum atomic E-state index is -0.665. The summed E-state index contributed by atoms with van der Waals surface area (Å²) in [6, 6.07) is 2.87. The quantitative estimate of drug-likeness (QED) is 0.446. The molecule has 0 fully saturated rings. The van der Waals surface area contributed by atoms with Crippen LogP contribution in [0, 0.1) is 11.6 Å². The lowest BCUT2D eigenvalue weighted by atomic mass is 10.3. The summed E-state index contributed by atoms with van der Waals surface area (Å²) >= 11 is 0. The van der Waals surface area contributed by atoms with E-state index in [9.17, 15) is 8.78 Å². The number of hydrogen-bond acceptors (Lipinski definition) is 4. The zero-order valence-corrected chi connectivity index (χ0v) is 7.69. The molecule has 0 saturated carbocycles. The highest BCUT2D eigenvalue weighted by Gasteiger charge is 2.01. The molecule has 0 radical (unpaired) electrons. The first-order valence-corrected chi connectivity index (χ1v) is 4.04. The third kappa shape index (κ3) is 3.10. The molecule has 0 heterocycles. The van der Waals surface area contributed by atoms with E-state index in [1.54, 1.807) is 0 Å². The van der Waals surface area contributed by atoms with Gasteiger partial charge in [0.05, 0.1) is 12.8 Å². The van der Waals surface area contributed by atoms with Gasteiger partial charge in [-0.15, -0.1) is 0 Å². The van der Waals surface area contributed by atoms with Crippen molar-refractivity contribution < 1.29 is 13.9 Å². The molecule has 1 rings (SSSR count). The molecule has 0 aliphatic rings. The van der Waals surface area contributed by atoms with Crippen LogP contribution in [0.25, 0.3) is 0 Å². The maximum absolute atomic E-state index is 13.0. The minimum absolute atomic E-state index is 0.0682. The van der Waals surface area contributed by atoms with Crippen molar-refractivity contribution in [1.29, 1.82) is 0 Å². The maximum atomic E-state index is 13.0. The predicted molar refractivity (Wildman–Crippen MR) is 53.2 cm³/mol. The predicted octanol–water partition coefficient (Wildman–Crippen LogP) is 0.974. The second-order valence-electron chi connectivity index (χ2n) is 2.63. The van der Waals surface area contributed by atoms with Gasteiger partial charge in [0.15, 0.2) is 0 Å². The number of aliphatic hydroxyl groups excluding tert-OH is 1. The molecule has 3 N–H and O–H groups in total. The van der Waals surface area contributed by atoms with Crippen molar-refractivity contribution in [2.45, 2.75) is 0 Å². The van der Waals surface area contributed by atoms with E-state index in [1.807, 2.05) is 0 Å². The lowest BCUT2D eigenvalue weighted by Crippen LogP contribution is -2.08. The zero-order chi connectivity index (χ0) is 11.3. The molecule has 0 bridgehead atoms. The number of nitrogens with zero attached hydrogens (tertiary/aromatic N) is 2. The topological polar surface area (TPSA) is 71.0 Å². The summed E-state index contributed by atoms with van der Waals surface area (Å²) in [7, 11) is 0. The summed E-state index contributed by atoms with van der Waals surface area (Å²) in [6.07, 6.45) is 1.07. The van der Waals surface area contributed by atoms with Gasteiger partial charge >= 0.3 is 0 Å². The van der Waals surface area contributed by atoms with Gasteiger partial charge in [0.25, 0.3) is 0 Å². The van der Waals surface area contributed by atoms with Gasteiger partial charge < -0.3 is 10.9 Å². The lowest BCUT2D eigenvalue weighted by molar-refractivity contribution is 0.359. The van der Waals surface area contributed by atoms with Crippen molar-refractivity contribution in [2.24, 2.45) is 15.9 Å². The molecule has 0 aliphatic heterocycles. The molecule has 0 spiro atoms. The van der Waals surface area contributed by atoms with Crippen LogP contribution in [0.15, 0.2) is 28.3 Å². The zero-order valence-electron chi connectivity index (χ0n) is 7.69. The third-order valence-corrected chi connectivity index (χ3v) is 1.59. The monoisotopic (exact) mass is 213 g/mol. The van der Waals surface area contributed by atoms with E-state index in [2.05, 4.69) is 10.1 Å². The first kappa shape index (κ1) is 11.3. The molecule has 0 aliphatic carbocycles. The van der Waals surface area contributed by atoms with Crippen molar-refractivity contribution in [1.82, 2.24) is 0 Å². The molecule has 0 aromatic heterocycles. The van der Waals surface area contributed by atoms with E-state index in [-0.39, 0.29) is 11.4 Å². The Hall–Kier alpha value is -1.82. The van der Waals surface area contributed by atoms with Crippen LogP contribution in [0.2, 0.25) is 0 Å². The van der Waals surface area contributed by atoms with Crippen LogP contribution >= 0.6 is 0 Å². The Morgan fingerprint density at radius 1 is 1.47 bits per heavy atom. The normalized spacial score (nSPS) is 12.3. The Bertz CT molecular complexity index is 404. The van der Waals surface area contributed by atoms with Crippen LogP contribution in [-0.4, -0.2) is 23.6 Å². The van der Waals surface area contributed by atoms with Crippen molar-refractivity contribution in [3.05, 3.63) is 29.8 Å². The number of hydrazone groups is 1. The fraction of sp³-hybridized carbons (Fsp3) is 0.111. The standard InChI is InChI=1S/C9H9F2N3O/c10-6-1-2-8(11)9(3-6)13-4-7(5-15)14-12/h1-4,15H,5,12H2. The second kappa shape index (κ2) is 5.16. The number of rotatable bonds is 3.